The van der Waals surface area contributed by atoms with Crippen LogP contribution in [0.3, 0.4) is 0 Å². The van der Waals surface area contributed by atoms with Gasteiger partial charge in [0.2, 0.25) is 5.91 Å². The minimum atomic E-state index is -0.585. The number of nitrogens with one attached hydrogen (secondary N) is 3. The molecule has 0 radical (unpaired) electrons. The number of aryl methyl sites for hydroxylation is 1. The average molecular weight is 632 g/mol. The van der Waals surface area contributed by atoms with Crippen LogP contribution in [0.25, 0.3) is 6.08 Å². The van der Waals surface area contributed by atoms with Gasteiger partial charge in [0.1, 0.15) is 10.9 Å². The molecule has 0 aliphatic rings. The second kappa shape index (κ2) is 15.1. The topological polar surface area (TPSA) is 87.3 Å². The minimum absolute atomic E-state index is 0.0931. The van der Waals surface area contributed by atoms with Gasteiger partial charge in [0.05, 0.1) is 0 Å². The molecule has 45 heavy (non-hydrogen) atoms. The first-order valence-electron chi connectivity index (χ1n) is 14.2. The maximum atomic E-state index is 13.6. The maximum Gasteiger partial charge on any atom is 0.272 e. The minimum Gasteiger partial charge on any atom is -0.325 e. The number of anilines is 2. The molecule has 1 atom stereocenters. The fraction of sp³-hybridized carbons (Fsp3) is 0.0541. The molecule has 3 amide bonds. The van der Waals surface area contributed by atoms with Crippen LogP contribution in [0.2, 0.25) is 5.02 Å². The number of halogens is 1. The average Bonchev–Trinajstić information content (AvgIpc) is 3.04. The first kappa shape index (κ1) is 31.3. The lowest BCUT2D eigenvalue weighted by molar-refractivity contribution is -0.116. The van der Waals surface area contributed by atoms with Crippen LogP contribution in [-0.2, 0) is 9.59 Å². The van der Waals surface area contributed by atoms with E-state index in [0.29, 0.717) is 22.0 Å². The normalized spacial score (nSPS) is 11.7. The Morgan fingerprint density at radius 2 is 1.38 bits per heavy atom. The number of carbonyl (C=O) groups excluding carboxylic acids is 3. The maximum absolute atomic E-state index is 13.6. The third-order valence-electron chi connectivity index (χ3n) is 6.66. The van der Waals surface area contributed by atoms with Crippen molar-refractivity contribution in [3.05, 3.63) is 166 Å². The third kappa shape index (κ3) is 8.95. The Balaban J connectivity index is 1.37. The molecule has 8 heteroatoms. The molecule has 3 N–H and O–H groups in total. The van der Waals surface area contributed by atoms with E-state index in [1.165, 1.54) is 11.8 Å². The second-order valence-electron chi connectivity index (χ2n) is 10.2. The van der Waals surface area contributed by atoms with E-state index >= 15 is 0 Å². The van der Waals surface area contributed by atoms with Gasteiger partial charge < -0.3 is 16.0 Å². The van der Waals surface area contributed by atoms with Gasteiger partial charge in [0.15, 0.2) is 0 Å². The summed E-state index contributed by atoms with van der Waals surface area (Å²) in [5, 5.41) is 8.59. The van der Waals surface area contributed by atoms with Gasteiger partial charge in [-0.1, -0.05) is 102 Å². The molecule has 5 rings (SSSR count). The molecular formula is C37H30ClN3O3S. The molecule has 0 bridgehead atoms. The number of hydrogen-bond donors (Lipinski definition) is 3. The Hall–Kier alpha value is -5.11. The molecular weight excluding hydrogens is 602 g/mol. The molecule has 1 unspecified atom stereocenters. The summed E-state index contributed by atoms with van der Waals surface area (Å²) >= 11 is 7.48. The smallest absolute Gasteiger partial charge is 0.272 e. The zero-order valence-corrected chi connectivity index (χ0v) is 25.9. The van der Waals surface area contributed by atoms with Crippen LogP contribution < -0.4 is 16.0 Å². The van der Waals surface area contributed by atoms with Gasteiger partial charge in [0, 0.05) is 26.9 Å². The highest BCUT2D eigenvalue weighted by atomic mass is 35.5. The van der Waals surface area contributed by atoms with Crippen molar-refractivity contribution in [3.63, 3.8) is 0 Å². The predicted octanol–water partition coefficient (Wildman–Crippen LogP) is 8.53. The Labute approximate surface area is 271 Å². The molecule has 0 aromatic heterocycles. The highest BCUT2D eigenvalue weighted by Gasteiger charge is 2.23. The van der Waals surface area contributed by atoms with Crippen molar-refractivity contribution in [3.8, 4) is 0 Å². The Morgan fingerprint density at radius 3 is 2.09 bits per heavy atom. The number of thioether (sulfide) groups is 1. The van der Waals surface area contributed by atoms with Crippen LogP contribution in [0.4, 0.5) is 11.4 Å². The summed E-state index contributed by atoms with van der Waals surface area (Å²) in [7, 11) is 0. The largest absolute Gasteiger partial charge is 0.325 e. The van der Waals surface area contributed by atoms with Gasteiger partial charge in [-0.3, -0.25) is 14.4 Å². The summed E-state index contributed by atoms with van der Waals surface area (Å²) < 4.78 is 0. The van der Waals surface area contributed by atoms with E-state index in [9.17, 15) is 14.4 Å². The van der Waals surface area contributed by atoms with Crippen molar-refractivity contribution in [1.82, 2.24) is 5.32 Å². The van der Waals surface area contributed by atoms with E-state index in [4.69, 9.17) is 11.6 Å². The van der Waals surface area contributed by atoms with Crippen LogP contribution in [0, 0.1) is 6.92 Å². The van der Waals surface area contributed by atoms with Gasteiger partial charge >= 0.3 is 0 Å². The van der Waals surface area contributed by atoms with E-state index in [2.05, 4.69) is 16.0 Å². The number of carbonyl (C=O) groups is 3. The van der Waals surface area contributed by atoms with Crippen molar-refractivity contribution >= 4 is 58.5 Å². The van der Waals surface area contributed by atoms with Crippen molar-refractivity contribution in [1.29, 1.82) is 0 Å². The first-order valence-corrected chi connectivity index (χ1v) is 15.4. The van der Waals surface area contributed by atoms with Crippen molar-refractivity contribution in [2.24, 2.45) is 0 Å². The zero-order valence-electron chi connectivity index (χ0n) is 24.4. The lowest BCUT2D eigenvalue weighted by Gasteiger charge is -2.18. The summed E-state index contributed by atoms with van der Waals surface area (Å²) in [4.78, 5) is 40.9. The molecule has 0 saturated carbocycles. The first-order chi connectivity index (χ1) is 21.8. The van der Waals surface area contributed by atoms with Crippen LogP contribution in [0.15, 0.2) is 144 Å². The standard InChI is InChI=1S/C37H30ClN3O3S/c1-25-11-8-12-26(21-25)22-33(41-35(42)28-15-6-3-7-16-28)36(43)39-31-19-10-20-32(24-31)45-34(27-13-4-2-5-14-27)37(44)40-30-18-9-17-29(38)23-30/h2-24,34H,1H3,(H,39,43)(H,40,44)(H,41,42)/b33-22+. The fourth-order valence-electron chi connectivity index (χ4n) is 4.53. The highest BCUT2D eigenvalue weighted by Crippen LogP contribution is 2.37. The van der Waals surface area contributed by atoms with Crippen molar-refractivity contribution in [2.75, 3.05) is 10.6 Å². The molecule has 5 aromatic rings. The monoisotopic (exact) mass is 631 g/mol. The van der Waals surface area contributed by atoms with E-state index in [1.54, 1.807) is 72.8 Å². The van der Waals surface area contributed by atoms with Crippen molar-refractivity contribution < 1.29 is 14.4 Å². The molecule has 0 fully saturated rings. The molecule has 0 spiro atoms. The van der Waals surface area contributed by atoms with E-state index in [-0.39, 0.29) is 11.6 Å². The number of benzene rings is 5. The highest BCUT2D eigenvalue weighted by molar-refractivity contribution is 8.00. The van der Waals surface area contributed by atoms with Gasteiger partial charge in [-0.05, 0) is 72.7 Å². The SMILES string of the molecule is Cc1cccc(/C=C(/NC(=O)c2ccccc2)C(=O)Nc2cccc(SC(C(=O)Nc3cccc(Cl)c3)c3ccccc3)c2)c1. The lowest BCUT2D eigenvalue weighted by Crippen LogP contribution is -2.30. The number of rotatable bonds is 10. The predicted molar refractivity (Wildman–Crippen MR) is 183 cm³/mol. The Morgan fingerprint density at radius 1 is 0.711 bits per heavy atom. The molecule has 0 saturated heterocycles. The van der Waals surface area contributed by atoms with E-state index in [1.807, 2.05) is 73.7 Å². The van der Waals surface area contributed by atoms with Gasteiger partial charge in [-0.15, -0.1) is 11.8 Å². The van der Waals surface area contributed by atoms with Gasteiger partial charge in [-0.25, -0.2) is 0 Å². The van der Waals surface area contributed by atoms with Crippen LogP contribution >= 0.6 is 23.4 Å². The van der Waals surface area contributed by atoms with Crippen LogP contribution in [0.5, 0.6) is 0 Å². The molecule has 0 aliphatic carbocycles. The van der Waals surface area contributed by atoms with Crippen LogP contribution in [0.1, 0.15) is 32.3 Å². The third-order valence-corrected chi connectivity index (χ3v) is 8.14. The number of amides is 3. The van der Waals surface area contributed by atoms with Crippen LogP contribution in [-0.4, -0.2) is 17.7 Å². The van der Waals surface area contributed by atoms with E-state index < -0.39 is 17.1 Å². The fourth-order valence-corrected chi connectivity index (χ4v) is 5.80. The quantitative estimate of drug-likeness (QED) is 0.106. The number of hydrogen-bond acceptors (Lipinski definition) is 4. The molecule has 224 valence electrons. The summed E-state index contributed by atoms with van der Waals surface area (Å²) in [6, 6.07) is 40.1. The summed E-state index contributed by atoms with van der Waals surface area (Å²) in [6.45, 7) is 1.96. The lowest BCUT2D eigenvalue weighted by atomic mass is 10.1. The second-order valence-corrected chi connectivity index (χ2v) is 11.8. The Kier molecular flexibility index (Phi) is 10.5. The molecule has 0 aliphatic heterocycles. The summed E-state index contributed by atoms with van der Waals surface area (Å²) in [6.07, 6.45) is 1.65. The molecule has 5 aromatic carbocycles. The van der Waals surface area contributed by atoms with E-state index in [0.717, 1.165) is 21.6 Å². The molecule has 6 nitrogen and oxygen atoms in total. The zero-order chi connectivity index (χ0) is 31.6. The molecule has 0 heterocycles. The summed E-state index contributed by atoms with van der Waals surface area (Å²) in [5.41, 5.74) is 4.25. The Bertz CT molecular complexity index is 1840. The van der Waals surface area contributed by atoms with Gasteiger partial charge in [-0.2, -0.15) is 0 Å². The summed E-state index contributed by atoms with van der Waals surface area (Å²) in [5.74, 6) is -1.10. The van der Waals surface area contributed by atoms with Crippen molar-refractivity contribution in [2.45, 2.75) is 17.1 Å². The van der Waals surface area contributed by atoms with Gasteiger partial charge in [0.25, 0.3) is 11.8 Å².